The minimum absolute atomic E-state index is 0.0736. The molecule has 0 aliphatic rings. The van der Waals surface area contributed by atoms with E-state index in [-0.39, 0.29) is 12.7 Å². The van der Waals surface area contributed by atoms with Crippen LogP contribution in [0.5, 0.6) is 0 Å². The fraction of sp³-hybridized carbons (Fsp3) is 0.778. The number of hydrogen-bond acceptors (Lipinski definition) is 6. The molecule has 0 aliphatic carbocycles. The molecule has 0 heterocycles. The van der Waals surface area contributed by atoms with E-state index in [1.807, 2.05) is 0 Å². The molecule has 17 heavy (non-hydrogen) atoms. The first-order chi connectivity index (χ1) is 7.81. The van der Waals surface area contributed by atoms with E-state index in [1.165, 1.54) is 0 Å². The van der Waals surface area contributed by atoms with E-state index in [2.05, 4.69) is 4.74 Å². The van der Waals surface area contributed by atoms with Crippen LogP contribution in [0, 0.1) is 0 Å². The standard InChI is InChI=1S/C9H18BNO6/c1-17-7(12)6-9(11,8(13)14)4-2-3-5-10(15)16/h15-16H,2-6,11H2,1H3,(H,13,14). The summed E-state index contributed by atoms with van der Waals surface area (Å²) in [6, 6.07) is 0. The van der Waals surface area contributed by atoms with Crippen molar-refractivity contribution in [2.75, 3.05) is 7.11 Å². The number of aliphatic carboxylic acids is 1. The second-order valence-electron chi connectivity index (χ2n) is 3.94. The largest absolute Gasteiger partial charge is 0.480 e. The number of carbonyl (C=O) groups is 2. The maximum atomic E-state index is 11.0. The second-order valence-corrected chi connectivity index (χ2v) is 3.94. The van der Waals surface area contributed by atoms with E-state index < -0.39 is 31.0 Å². The molecule has 5 N–H and O–H groups in total. The molecule has 0 saturated carbocycles. The Morgan fingerprint density at radius 1 is 1.35 bits per heavy atom. The third kappa shape index (κ3) is 6.25. The molecule has 0 bridgehead atoms. The molecule has 0 aromatic rings. The lowest BCUT2D eigenvalue weighted by molar-refractivity contribution is -0.151. The minimum atomic E-state index is -1.66. The Morgan fingerprint density at radius 3 is 2.35 bits per heavy atom. The number of carbonyl (C=O) groups excluding carboxylic acids is 1. The number of esters is 1. The van der Waals surface area contributed by atoms with Crippen LogP contribution in [0.2, 0.25) is 6.32 Å². The lowest BCUT2D eigenvalue weighted by Gasteiger charge is -2.23. The summed E-state index contributed by atoms with van der Waals surface area (Å²) < 4.78 is 4.38. The molecule has 0 amide bonds. The van der Waals surface area contributed by atoms with Crippen molar-refractivity contribution in [1.29, 1.82) is 0 Å². The number of ether oxygens (including phenoxy) is 1. The average Bonchev–Trinajstić information content (AvgIpc) is 2.23. The summed E-state index contributed by atoms with van der Waals surface area (Å²) in [5.41, 5.74) is 3.95. The summed E-state index contributed by atoms with van der Waals surface area (Å²) in [6.45, 7) is 0. The third-order valence-electron chi connectivity index (χ3n) is 2.45. The Morgan fingerprint density at radius 2 is 1.94 bits per heavy atom. The zero-order chi connectivity index (χ0) is 13.5. The van der Waals surface area contributed by atoms with Gasteiger partial charge < -0.3 is 25.6 Å². The van der Waals surface area contributed by atoms with E-state index >= 15 is 0 Å². The van der Waals surface area contributed by atoms with E-state index in [1.54, 1.807) is 0 Å². The Bertz CT molecular complexity index is 272. The number of unbranched alkanes of at least 4 members (excludes halogenated alkanes) is 1. The predicted octanol–water partition coefficient (Wildman–Crippen LogP) is -1.03. The van der Waals surface area contributed by atoms with Gasteiger partial charge in [0.2, 0.25) is 0 Å². The molecule has 0 aliphatic heterocycles. The normalized spacial score (nSPS) is 13.9. The lowest BCUT2D eigenvalue weighted by Crippen LogP contribution is -2.49. The highest BCUT2D eigenvalue weighted by Crippen LogP contribution is 2.18. The van der Waals surface area contributed by atoms with Crippen LogP contribution in [0.15, 0.2) is 0 Å². The van der Waals surface area contributed by atoms with Crippen LogP contribution in [0.3, 0.4) is 0 Å². The van der Waals surface area contributed by atoms with Crippen molar-refractivity contribution in [3.8, 4) is 0 Å². The number of carboxylic acids is 1. The molecule has 0 fully saturated rings. The van der Waals surface area contributed by atoms with Crippen molar-refractivity contribution < 1.29 is 29.5 Å². The Hall–Kier alpha value is -1.12. The van der Waals surface area contributed by atoms with Crippen molar-refractivity contribution in [3.63, 3.8) is 0 Å². The molecule has 0 rings (SSSR count). The van der Waals surface area contributed by atoms with Gasteiger partial charge in [-0.2, -0.15) is 0 Å². The number of hydrogen-bond donors (Lipinski definition) is 4. The average molecular weight is 247 g/mol. The van der Waals surface area contributed by atoms with Gasteiger partial charge in [-0.15, -0.1) is 0 Å². The first-order valence-electron chi connectivity index (χ1n) is 5.27. The molecule has 0 saturated heterocycles. The number of rotatable bonds is 8. The lowest BCUT2D eigenvalue weighted by atomic mass is 9.81. The van der Waals surface area contributed by atoms with Gasteiger partial charge >= 0.3 is 19.1 Å². The summed E-state index contributed by atoms with van der Waals surface area (Å²) in [6.07, 6.45) is 0.626. The summed E-state index contributed by atoms with van der Waals surface area (Å²) in [5.74, 6) is -1.95. The molecular formula is C9H18BNO6. The van der Waals surface area contributed by atoms with Gasteiger partial charge in [0.25, 0.3) is 0 Å². The van der Waals surface area contributed by atoms with Gasteiger partial charge in [-0.05, 0) is 12.7 Å². The summed E-state index contributed by atoms with van der Waals surface area (Å²) >= 11 is 0. The van der Waals surface area contributed by atoms with Crippen LogP contribution in [-0.4, -0.2) is 46.9 Å². The highest BCUT2D eigenvalue weighted by Gasteiger charge is 2.36. The molecule has 8 heteroatoms. The fourth-order valence-electron chi connectivity index (χ4n) is 1.37. The van der Waals surface area contributed by atoms with E-state index in [9.17, 15) is 9.59 Å². The molecular weight excluding hydrogens is 229 g/mol. The highest BCUT2D eigenvalue weighted by molar-refractivity contribution is 6.40. The molecule has 1 atom stereocenters. The molecule has 0 spiro atoms. The van der Waals surface area contributed by atoms with E-state index in [0.717, 1.165) is 7.11 Å². The smallest absolute Gasteiger partial charge is 0.451 e. The van der Waals surface area contributed by atoms with Gasteiger partial charge in [0, 0.05) is 0 Å². The van der Waals surface area contributed by atoms with Crippen LogP contribution in [0.25, 0.3) is 0 Å². The topological polar surface area (TPSA) is 130 Å². The van der Waals surface area contributed by atoms with Crippen LogP contribution in [-0.2, 0) is 14.3 Å². The fourth-order valence-corrected chi connectivity index (χ4v) is 1.37. The number of methoxy groups -OCH3 is 1. The van der Waals surface area contributed by atoms with Crippen LogP contribution in [0.4, 0.5) is 0 Å². The Balaban J connectivity index is 4.22. The third-order valence-corrected chi connectivity index (χ3v) is 2.45. The zero-order valence-electron chi connectivity index (χ0n) is 9.76. The molecule has 98 valence electrons. The number of nitrogens with two attached hydrogens (primary N) is 1. The van der Waals surface area contributed by atoms with Gasteiger partial charge in [-0.25, -0.2) is 0 Å². The molecule has 1 unspecified atom stereocenters. The first-order valence-corrected chi connectivity index (χ1v) is 5.27. The van der Waals surface area contributed by atoms with Gasteiger partial charge in [0.05, 0.1) is 13.5 Å². The SMILES string of the molecule is COC(=O)CC(N)(CCCCB(O)O)C(=O)O. The van der Waals surface area contributed by atoms with Crippen molar-refractivity contribution >= 4 is 19.1 Å². The maximum absolute atomic E-state index is 11.0. The molecule has 0 radical (unpaired) electrons. The van der Waals surface area contributed by atoms with Gasteiger partial charge in [0.15, 0.2) is 0 Å². The van der Waals surface area contributed by atoms with Gasteiger partial charge in [0.1, 0.15) is 5.54 Å². The Kier molecular flexibility index (Phi) is 6.78. The summed E-state index contributed by atoms with van der Waals surface area (Å²) in [4.78, 5) is 22.0. The van der Waals surface area contributed by atoms with Crippen LogP contribution in [0.1, 0.15) is 25.7 Å². The van der Waals surface area contributed by atoms with E-state index in [0.29, 0.717) is 12.8 Å². The predicted molar refractivity (Wildman–Crippen MR) is 60.0 cm³/mol. The maximum Gasteiger partial charge on any atom is 0.451 e. The van der Waals surface area contributed by atoms with E-state index in [4.69, 9.17) is 20.9 Å². The van der Waals surface area contributed by atoms with Crippen molar-refractivity contribution in [3.05, 3.63) is 0 Å². The molecule has 0 aromatic carbocycles. The number of carboxylic acid groups (broad SMARTS) is 1. The van der Waals surface area contributed by atoms with Crippen LogP contribution >= 0.6 is 0 Å². The highest BCUT2D eigenvalue weighted by atomic mass is 16.5. The zero-order valence-corrected chi connectivity index (χ0v) is 9.76. The molecule has 0 aromatic heterocycles. The summed E-state index contributed by atoms with van der Waals surface area (Å²) in [7, 11) is -0.250. The van der Waals surface area contributed by atoms with Crippen molar-refractivity contribution in [2.24, 2.45) is 5.73 Å². The van der Waals surface area contributed by atoms with Crippen molar-refractivity contribution in [2.45, 2.75) is 37.5 Å². The molecule has 7 nitrogen and oxygen atoms in total. The van der Waals surface area contributed by atoms with Gasteiger partial charge in [-0.3, -0.25) is 9.59 Å². The first kappa shape index (κ1) is 15.9. The Labute approximate surface area is 99.7 Å². The van der Waals surface area contributed by atoms with Gasteiger partial charge in [-0.1, -0.05) is 12.8 Å². The minimum Gasteiger partial charge on any atom is -0.480 e. The monoisotopic (exact) mass is 247 g/mol. The summed E-state index contributed by atoms with van der Waals surface area (Å²) in [5, 5.41) is 26.2. The second kappa shape index (κ2) is 7.26. The quantitative estimate of drug-likeness (QED) is 0.245. The van der Waals surface area contributed by atoms with Crippen molar-refractivity contribution in [1.82, 2.24) is 0 Å². The van der Waals surface area contributed by atoms with Crippen LogP contribution < -0.4 is 5.73 Å².